The van der Waals surface area contributed by atoms with Gasteiger partial charge >= 0.3 is 0 Å². The number of nitrogens with one attached hydrogen (secondary N) is 1. The topological polar surface area (TPSA) is 48.7 Å². The van der Waals surface area contributed by atoms with Crippen LogP contribution in [0.15, 0.2) is 12.3 Å². The molecule has 4 heteroatoms. The zero-order valence-electron chi connectivity index (χ0n) is 10.1. The molecule has 0 aliphatic carbocycles. The van der Waals surface area contributed by atoms with E-state index in [1.54, 1.807) is 6.20 Å². The van der Waals surface area contributed by atoms with E-state index < -0.39 is 0 Å². The van der Waals surface area contributed by atoms with Crippen LogP contribution in [0.3, 0.4) is 0 Å². The molecule has 0 saturated carbocycles. The maximum absolute atomic E-state index is 9.10. The second kappa shape index (κ2) is 5.92. The van der Waals surface area contributed by atoms with Gasteiger partial charge in [-0.3, -0.25) is 0 Å². The Morgan fingerprint density at radius 2 is 2.29 bits per heavy atom. The standard InChI is InChI=1S/C13H17N3S/c1-10-2-5-15-13(12(10)8-14)16-9-11-3-6-17-7-4-11/h2,5,11H,3-4,6-7,9H2,1H3,(H,15,16). The van der Waals surface area contributed by atoms with E-state index in [0.717, 1.165) is 23.8 Å². The molecule has 0 bridgehead atoms. The van der Waals surface area contributed by atoms with Crippen molar-refractivity contribution in [2.75, 3.05) is 23.4 Å². The van der Waals surface area contributed by atoms with Crippen molar-refractivity contribution >= 4 is 17.6 Å². The number of rotatable bonds is 3. The van der Waals surface area contributed by atoms with Crippen LogP contribution in [0.1, 0.15) is 24.0 Å². The van der Waals surface area contributed by atoms with Crippen molar-refractivity contribution in [3.8, 4) is 6.07 Å². The van der Waals surface area contributed by atoms with Crippen LogP contribution < -0.4 is 5.32 Å². The highest BCUT2D eigenvalue weighted by molar-refractivity contribution is 7.99. The molecule has 1 fully saturated rings. The molecule has 0 atom stereocenters. The van der Waals surface area contributed by atoms with Crippen molar-refractivity contribution in [1.82, 2.24) is 4.98 Å². The first-order valence-electron chi connectivity index (χ1n) is 5.98. The van der Waals surface area contributed by atoms with E-state index in [1.165, 1.54) is 24.3 Å². The van der Waals surface area contributed by atoms with Crippen LogP contribution in [0.5, 0.6) is 0 Å². The van der Waals surface area contributed by atoms with E-state index in [1.807, 2.05) is 24.8 Å². The molecule has 1 aromatic heterocycles. The van der Waals surface area contributed by atoms with Crippen LogP contribution in [0.25, 0.3) is 0 Å². The summed E-state index contributed by atoms with van der Waals surface area (Å²) in [4.78, 5) is 4.26. The monoisotopic (exact) mass is 247 g/mol. The summed E-state index contributed by atoms with van der Waals surface area (Å²) in [6.45, 7) is 2.88. The summed E-state index contributed by atoms with van der Waals surface area (Å²) >= 11 is 2.03. The Bertz CT molecular complexity index is 419. The minimum absolute atomic E-state index is 0.678. The van der Waals surface area contributed by atoms with Gasteiger partial charge in [-0.1, -0.05) is 0 Å². The Kier molecular flexibility index (Phi) is 4.27. The van der Waals surface area contributed by atoms with Crippen LogP contribution in [0, 0.1) is 24.2 Å². The number of aromatic nitrogens is 1. The number of hydrogen-bond donors (Lipinski definition) is 1. The van der Waals surface area contributed by atoms with Crippen molar-refractivity contribution in [3.63, 3.8) is 0 Å². The maximum atomic E-state index is 9.10. The van der Waals surface area contributed by atoms with Gasteiger partial charge in [-0.2, -0.15) is 17.0 Å². The third kappa shape index (κ3) is 3.13. The fourth-order valence-electron chi connectivity index (χ4n) is 2.02. The molecule has 2 rings (SSSR count). The minimum atomic E-state index is 0.678. The number of anilines is 1. The largest absolute Gasteiger partial charge is 0.369 e. The van der Waals surface area contributed by atoms with Gasteiger partial charge in [-0.25, -0.2) is 4.98 Å². The fraction of sp³-hybridized carbons (Fsp3) is 0.538. The second-order valence-electron chi connectivity index (χ2n) is 4.40. The van der Waals surface area contributed by atoms with Gasteiger partial charge in [-0.05, 0) is 48.8 Å². The van der Waals surface area contributed by atoms with Gasteiger partial charge in [0, 0.05) is 12.7 Å². The lowest BCUT2D eigenvalue weighted by atomic mass is 10.0. The highest BCUT2D eigenvalue weighted by Gasteiger charge is 2.14. The molecule has 0 radical (unpaired) electrons. The van der Waals surface area contributed by atoms with Crippen LogP contribution in [0.2, 0.25) is 0 Å². The van der Waals surface area contributed by atoms with Gasteiger partial charge in [0.1, 0.15) is 11.9 Å². The molecule has 0 amide bonds. The number of aryl methyl sites for hydroxylation is 1. The van der Waals surface area contributed by atoms with Crippen molar-refractivity contribution in [2.24, 2.45) is 5.92 Å². The average Bonchev–Trinajstić information content (AvgIpc) is 2.37. The first-order valence-corrected chi connectivity index (χ1v) is 7.14. The van der Waals surface area contributed by atoms with Crippen LogP contribution in [-0.4, -0.2) is 23.0 Å². The Morgan fingerprint density at radius 1 is 1.53 bits per heavy atom. The molecule has 0 unspecified atom stereocenters. The third-order valence-electron chi connectivity index (χ3n) is 3.17. The quantitative estimate of drug-likeness (QED) is 0.892. The third-order valence-corrected chi connectivity index (χ3v) is 4.22. The van der Waals surface area contributed by atoms with E-state index in [2.05, 4.69) is 16.4 Å². The predicted octanol–water partition coefficient (Wildman–Crippen LogP) is 2.82. The van der Waals surface area contributed by atoms with Gasteiger partial charge < -0.3 is 5.32 Å². The fourth-order valence-corrected chi connectivity index (χ4v) is 3.23. The molecule has 1 aliphatic rings. The van der Waals surface area contributed by atoms with Crippen molar-refractivity contribution < 1.29 is 0 Å². The zero-order chi connectivity index (χ0) is 12.1. The van der Waals surface area contributed by atoms with E-state index in [0.29, 0.717) is 5.56 Å². The molecule has 1 aromatic rings. The van der Waals surface area contributed by atoms with Gasteiger partial charge in [0.2, 0.25) is 0 Å². The van der Waals surface area contributed by atoms with E-state index in [9.17, 15) is 0 Å². The first-order chi connectivity index (χ1) is 8.31. The van der Waals surface area contributed by atoms with E-state index >= 15 is 0 Å². The van der Waals surface area contributed by atoms with Gasteiger partial charge in [0.15, 0.2) is 0 Å². The smallest absolute Gasteiger partial charge is 0.144 e. The van der Waals surface area contributed by atoms with E-state index in [4.69, 9.17) is 5.26 Å². The molecule has 2 heterocycles. The van der Waals surface area contributed by atoms with Gasteiger partial charge in [0.05, 0.1) is 5.56 Å². The molecule has 17 heavy (non-hydrogen) atoms. The Hall–Kier alpha value is -1.21. The number of nitriles is 1. The van der Waals surface area contributed by atoms with Crippen molar-refractivity contribution in [3.05, 3.63) is 23.4 Å². The predicted molar refractivity (Wildman–Crippen MR) is 72.2 cm³/mol. The number of hydrogen-bond acceptors (Lipinski definition) is 4. The highest BCUT2D eigenvalue weighted by atomic mass is 32.2. The maximum Gasteiger partial charge on any atom is 0.144 e. The molecule has 0 aromatic carbocycles. The normalized spacial score (nSPS) is 16.5. The molecule has 1 saturated heterocycles. The summed E-state index contributed by atoms with van der Waals surface area (Å²) in [5.41, 5.74) is 1.67. The summed E-state index contributed by atoms with van der Waals surface area (Å²) in [5, 5.41) is 12.4. The van der Waals surface area contributed by atoms with Crippen molar-refractivity contribution in [2.45, 2.75) is 19.8 Å². The summed E-state index contributed by atoms with van der Waals surface area (Å²) in [5.74, 6) is 3.99. The van der Waals surface area contributed by atoms with Crippen LogP contribution >= 0.6 is 11.8 Å². The molecular formula is C13H17N3S. The van der Waals surface area contributed by atoms with Crippen LogP contribution in [0.4, 0.5) is 5.82 Å². The minimum Gasteiger partial charge on any atom is -0.369 e. The van der Waals surface area contributed by atoms with Gasteiger partial charge in [-0.15, -0.1) is 0 Å². The molecule has 3 nitrogen and oxygen atoms in total. The number of thioether (sulfide) groups is 1. The molecule has 90 valence electrons. The van der Waals surface area contributed by atoms with Crippen molar-refractivity contribution in [1.29, 1.82) is 5.26 Å². The number of pyridine rings is 1. The molecule has 1 N–H and O–H groups in total. The second-order valence-corrected chi connectivity index (χ2v) is 5.62. The summed E-state index contributed by atoms with van der Waals surface area (Å²) in [6.07, 6.45) is 4.30. The van der Waals surface area contributed by atoms with Gasteiger partial charge in [0.25, 0.3) is 0 Å². The number of nitrogens with zero attached hydrogens (tertiary/aromatic N) is 2. The lowest BCUT2D eigenvalue weighted by Gasteiger charge is -2.22. The lowest BCUT2D eigenvalue weighted by Crippen LogP contribution is -2.20. The Balaban J connectivity index is 1.99. The summed E-state index contributed by atoms with van der Waals surface area (Å²) in [7, 11) is 0. The van der Waals surface area contributed by atoms with Crippen LogP contribution in [-0.2, 0) is 0 Å². The highest BCUT2D eigenvalue weighted by Crippen LogP contribution is 2.23. The summed E-state index contributed by atoms with van der Waals surface area (Å²) < 4.78 is 0. The zero-order valence-corrected chi connectivity index (χ0v) is 10.9. The lowest BCUT2D eigenvalue weighted by molar-refractivity contribution is 0.515. The molecular weight excluding hydrogens is 230 g/mol. The average molecular weight is 247 g/mol. The Morgan fingerprint density at radius 3 is 3.00 bits per heavy atom. The molecule has 0 spiro atoms. The van der Waals surface area contributed by atoms with E-state index in [-0.39, 0.29) is 0 Å². The Labute approximate surface area is 107 Å². The molecule has 1 aliphatic heterocycles. The SMILES string of the molecule is Cc1ccnc(NCC2CCSCC2)c1C#N. The first kappa shape index (κ1) is 12.3. The summed E-state index contributed by atoms with van der Waals surface area (Å²) in [6, 6.07) is 4.10.